The summed E-state index contributed by atoms with van der Waals surface area (Å²) in [6, 6.07) is -0.0353. The summed E-state index contributed by atoms with van der Waals surface area (Å²) in [6.07, 6.45) is -6.99. The van der Waals surface area contributed by atoms with Crippen LogP contribution < -0.4 is 15.9 Å². The number of pyridine rings is 1. The van der Waals surface area contributed by atoms with Crippen molar-refractivity contribution < 1.29 is 36.0 Å². The Morgan fingerprint density at radius 3 is 2.25 bits per heavy atom. The van der Waals surface area contributed by atoms with Gasteiger partial charge in [-0.1, -0.05) is 0 Å². The molecule has 0 aliphatic carbocycles. The Hall–Kier alpha value is -3.36. The molecule has 1 aliphatic rings. The Balaban J connectivity index is 1.47. The lowest BCUT2D eigenvalue weighted by molar-refractivity contribution is -0.139. The Kier molecular flexibility index (Phi) is 6.57. The molecule has 0 radical (unpaired) electrons. The van der Waals surface area contributed by atoms with Gasteiger partial charge < -0.3 is 14.8 Å². The summed E-state index contributed by atoms with van der Waals surface area (Å²) in [5.74, 6) is 0.0906. The Labute approximate surface area is 176 Å². The highest BCUT2D eigenvalue weighted by molar-refractivity contribution is 5.73. The highest BCUT2D eigenvalue weighted by Crippen LogP contribution is 2.28. The average molecular weight is 466 g/mol. The third-order valence-corrected chi connectivity index (χ3v) is 4.48. The molecule has 2 amide bonds. The van der Waals surface area contributed by atoms with E-state index in [1.165, 1.54) is 4.90 Å². The minimum absolute atomic E-state index is 0.0125. The number of aromatic nitrogens is 3. The average Bonchev–Trinajstić information content (AvgIpc) is 2.73. The van der Waals surface area contributed by atoms with E-state index in [1.54, 1.807) is 4.90 Å². The highest BCUT2D eigenvalue weighted by atomic mass is 19.4. The molecule has 0 bridgehead atoms. The predicted octanol–water partition coefficient (Wildman–Crippen LogP) is 2.17. The van der Waals surface area contributed by atoms with E-state index in [0.29, 0.717) is 18.5 Å². The number of carbonyl (C=O) groups excluding carboxylic acids is 1. The number of anilines is 1. The third-order valence-electron chi connectivity index (χ3n) is 4.48. The van der Waals surface area contributed by atoms with Gasteiger partial charge >= 0.3 is 18.4 Å². The lowest BCUT2D eigenvalue weighted by Crippen LogP contribution is -2.52. The molecule has 3 heterocycles. The molecule has 1 saturated heterocycles. The van der Waals surface area contributed by atoms with Crippen molar-refractivity contribution in [1.29, 1.82) is 0 Å². The maximum absolute atomic E-state index is 12.7. The Morgan fingerprint density at radius 2 is 1.69 bits per heavy atom. The third kappa shape index (κ3) is 5.66. The number of nitrogens with zero attached hydrogens (tertiary/aromatic N) is 4. The molecule has 2 N–H and O–H groups in total. The minimum Gasteiger partial charge on any atom is -0.337 e. The van der Waals surface area contributed by atoms with Crippen molar-refractivity contribution in [3.05, 3.63) is 51.7 Å². The van der Waals surface area contributed by atoms with Gasteiger partial charge in [-0.05, 0) is 11.6 Å². The topological polar surface area (TPSA) is 103 Å². The van der Waals surface area contributed by atoms with Gasteiger partial charge in [0.05, 0.1) is 5.56 Å². The molecule has 9 nitrogen and oxygen atoms in total. The van der Waals surface area contributed by atoms with Crippen molar-refractivity contribution in [3.63, 3.8) is 0 Å². The fourth-order valence-electron chi connectivity index (χ4n) is 2.81. The molecule has 1 aliphatic heterocycles. The number of alkyl halides is 6. The second-order valence-electron chi connectivity index (χ2n) is 6.69. The smallest absolute Gasteiger partial charge is 0.337 e. The zero-order chi connectivity index (χ0) is 23.5. The Bertz CT molecular complexity index is 1000. The molecule has 3 rings (SSSR count). The van der Waals surface area contributed by atoms with E-state index in [1.807, 2.05) is 4.98 Å². The largest absolute Gasteiger partial charge is 0.421 e. The van der Waals surface area contributed by atoms with Crippen molar-refractivity contribution >= 4 is 12.0 Å². The summed E-state index contributed by atoms with van der Waals surface area (Å²) in [5.41, 5.74) is -1.57. The lowest BCUT2D eigenvalue weighted by atomic mass is 10.2. The SMILES string of the molecule is O=C(NOCc1c[nH]c(=O)c(C(F)(F)F)c1)N1CCN(c2ncc(C(F)(F)F)cn2)CC1. The van der Waals surface area contributed by atoms with Crippen LogP contribution >= 0.6 is 0 Å². The molecular formula is C17H16F6N6O3. The second-order valence-corrected chi connectivity index (χ2v) is 6.69. The fraction of sp³-hybridized carbons (Fsp3) is 0.412. The number of piperazine rings is 1. The summed E-state index contributed by atoms with van der Waals surface area (Å²) >= 11 is 0. The van der Waals surface area contributed by atoms with Crippen LogP contribution in [0.2, 0.25) is 0 Å². The summed E-state index contributed by atoms with van der Waals surface area (Å²) in [6.45, 7) is 0.416. The van der Waals surface area contributed by atoms with Crippen molar-refractivity contribution in [2.45, 2.75) is 19.0 Å². The van der Waals surface area contributed by atoms with Crippen molar-refractivity contribution in [2.75, 3.05) is 31.1 Å². The van der Waals surface area contributed by atoms with Gasteiger partial charge in [0, 0.05) is 44.8 Å². The number of hydrogen-bond acceptors (Lipinski definition) is 6. The quantitative estimate of drug-likeness (QED) is 0.529. The van der Waals surface area contributed by atoms with E-state index in [0.717, 1.165) is 6.20 Å². The number of aromatic amines is 1. The van der Waals surface area contributed by atoms with E-state index >= 15 is 0 Å². The standard InChI is InChI=1S/C17H16F6N6O3/c18-16(19,20)11-7-25-14(26-8-11)28-1-3-29(4-2-28)15(31)27-32-9-10-5-12(17(21,22)23)13(30)24-6-10/h5-8H,1-4,9H2,(H,24,30)(H,27,31). The van der Waals surface area contributed by atoms with Crippen LogP contribution in [-0.2, 0) is 23.8 Å². The molecule has 0 spiro atoms. The summed E-state index contributed by atoms with van der Waals surface area (Å²) in [7, 11) is 0. The van der Waals surface area contributed by atoms with Gasteiger partial charge in [-0.2, -0.15) is 26.3 Å². The monoisotopic (exact) mass is 466 g/mol. The first-order valence-corrected chi connectivity index (χ1v) is 9.05. The van der Waals surface area contributed by atoms with Gasteiger partial charge in [-0.25, -0.2) is 20.2 Å². The van der Waals surface area contributed by atoms with Gasteiger partial charge in [0.1, 0.15) is 12.2 Å². The van der Waals surface area contributed by atoms with Crippen LogP contribution in [-0.4, -0.2) is 52.1 Å². The first-order chi connectivity index (χ1) is 14.9. The molecule has 15 heteroatoms. The number of urea groups is 1. The first kappa shape index (κ1) is 23.3. The van der Waals surface area contributed by atoms with Gasteiger partial charge in [0.15, 0.2) is 0 Å². The summed E-state index contributed by atoms with van der Waals surface area (Å²) in [5, 5.41) is 0. The Morgan fingerprint density at radius 1 is 1.06 bits per heavy atom. The van der Waals surface area contributed by atoms with Gasteiger partial charge in [0.2, 0.25) is 5.95 Å². The maximum atomic E-state index is 12.7. The predicted molar refractivity (Wildman–Crippen MR) is 96.2 cm³/mol. The van der Waals surface area contributed by atoms with Gasteiger partial charge in [0.25, 0.3) is 5.56 Å². The number of nitrogens with one attached hydrogen (secondary N) is 2. The number of halogens is 6. The van der Waals surface area contributed by atoms with Crippen LogP contribution in [0.4, 0.5) is 37.1 Å². The second kappa shape index (κ2) is 9.02. The van der Waals surface area contributed by atoms with Crippen LogP contribution in [0.1, 0.15) is 16.7 Å². The summed E-state index contributed by atoms with van der Waals surface area (Å²) < 4.78 is 76.0. The van der Waals surface area contributed by atoms with E-state index in [-0.39, 0.29) is 37.7 Å². The van der Waals surface area contributed by atoms with Crippen LogP contribution in [0, 0.1) is 0 Å². The molecule has 2 aromatic rings. The highest BCUT2D eigenvalue weighted by Gasteiger charge is 2.34. The van der Waals surface area contributed by atoms with Crippen LogP contribution in [0.5, 0.6) is 0 Å². The lowest BCUT2D eigenvalue weighted by Gasteiger charge is -2.34. The number of H-pyrrole nitrogens is 1. The minimum atomic E-state index is -4.83. The first-order valence-electron chi connectivity index (χ1n) is 9.05. The van der Waals surface area contributed by atoms with E-state index in [4.69, 9.17) is 4.84 Å². The van der Waals surface area contributed by atoms with Crippen molar-refractivity contribution in [3.8, 4) is 0 Å². The number of hydroxylamine groups is 1. The van der Waals surface area contributed by atoms with Crippen LogP contribution in [0.25, 0.3) is 0 Å². The molecule has 174 valence electrons. The van der Waals surface area contributed by atoms with E-state index in [2.05, 4.69) is 15.4 Å². The molecule has 0 unspecified atom stereocenters. The number of carbonyl (C=O) groups is 1. The van der Waals surface area contributed by atoms with Gasteiger partial charge in [-0.15, -0.1) is 0 Å². The maximum Gasteiger partial charge on any atom is 0.421 e. The number of amides is 2. The van der Waals surface area contributed by atoms with Crippen molar-refractivity contribution in [1.82, 2.24) is 25.3 Å². The zero-order valence-corrected chi connectivity index (χ0v) is 16.1. The van der Waals surface area contributed by atoms with Crippen molar-refractivity contribution in [2.24, 2.45) is 0 Å². The molecule has 0 aromatic carbocycles. The fourth-order valence-corrected chi connectivity index (χ4v) is 2.81. The van der Waals surface area contributed by atoms with E-state index < -0.39 is 41.7 Å². The van der Waals surface area contributed by atoms with E-state index in [9.17, 15) is 35.9 Å². The molecule has 0 atom stereocenters. The normalized spacial score (nSPS) is 15.1. The van der Waals surface area contributed by atoms with Crippen LogP contribution in [0.3, 0.4) is 0 Å². The van der Waals surface area contributed by atoms with Crippen LogP contribution in [0.15, 0.2) is 29.5 Å². The number of hydrogen-bond donors (Lipinski definition) is 2. The molecular weight excluding hydrogens is 450 g/mol. The molecule has 2 aromatic heterocycles. The van der Waals surface area contributed by atoms with Gasteiger partial charge in [-0.3, -0.25) is 9.63 Å². The molecule has 32 heavy (non-hydrogen) atoms. The summed E-state index contributed by atoms with van der Waals surface area (Å²) in [4.78, 5) is 40.6. The number of rotatable bonds is 4. The molecule has 1 fully saturated rings. The zero-order valence-electron chi connectivity index (χ0n) is 16.1. The molecule has 0 saturated carbocycles.